The Morgan fingerprint density at radius 1 is 1.47 bits per heavy atom. The molecule has 3 nitrogen and oxygen atoms in total. The molecule has 1 aliphatic rings. The Morgan fingerprint density at radius 2 is 2.32 bits per heavy atom. The second-order valence-corrected chi connectivity index (χ2v) is 6.46. The van der Waals surface area contributed by atoms with Gasteiger partial charge in [0.1, 0.15) is 10.7 Å². The van der Waals surface area contributed by atoms with Crippen molar-refractivity contribution in [1.82, 2.24) is 4.98 Å². The van der Waals surface area contributed by atoms with Gasteiger partial charge in [0.25, 0.3) is 0 Å². The zero-order chi connectivity index (χ0) is 13.4. The molecule has 0 aliphatic carbocycles. The van der Waals surface area contributed by atoms with E-state index in [1.165, 1.54) is 29.0 Å². The second-order valence-electron chi connectivity index (χ2n) is 4.82. The molecule has 19 heavy (non-hydrogen) atoms. The first-order valence-electron chi connectivity index (χ1n) is 6.27. The average molecular weight is 339 g/mol. The van der Waals surface area contributed by atoms with E-state index in [-0.39, 0.29) is 0 Å². The molecule has 1 N–H and O–H groups in total. The van der Waals surface area contributed by atoms with Crippen molar-refractivity contribution in [3.05, 3.63) is 44.3 Å². The zero-order valence-electron chi connectivity index (χ0n) is 10.6. The van der Waals surface area contributed by atoms with Crippen LogP contribution in [0.5, 0.6) is 0 Å². The molecule has 3 rings (SSSR count). The Hall–Kier alpha value is -0.910. The quantitative estimate of drug-likeness (QED) is 0.911. The van der Waals surface area contributed by atoms with Gasteiger partial charge >= 0.3 is 0 Å². The molecule has 0 spiro atoms. The zero-order valence-corrected chi connectivity index (χ0v) is 13.0. The average Bonchev–Trinajstić information content (AvgIpc) is 2.84. The molecule has 1 aliphatic heterocycles. The number of benzene rings is 1. The molecular weight excluding hydrogens is 324 g/mol. The normalized spacial score (nSPS) is 16.3. The fourth-order valence-electron chi connectivity index (χ4n) is 2.55. The number of anilines is 1. The molecule has 1 atom stereocenters. The molecule has 2 aromatic rings. The fourth-order valence-corrected chi connectivity index (χ4v) is 3.97. The molecule has 0 saturated heterocycles. The van der Waals surface area contributed by atoms with Gasteiger partial charge in [-0.1, -0.05) is 12.1 Å². The van der Waals surface area contributed by atoms with E-state index in [4.69, 9.17) is 0 Å². The van der Waals surface area contributed by atoms with Crippen LogP contribution in [0.15, 0.2) is 28.3 Å². The van der Waals surface area contributed by atoms with Crippen LogP contribution in [0.25, 0.3) is 0 Å². The molecule has 0 amide bonds. The highest BCUT2D eigenvalue weighted by molar-refractivity contribution is 9.10. The maximum absolute atomic E-state index is 10.5. The number of aliphatic hydroxyl groups excluding tert-OH is 1. The topological polar surface area (TPSA) is 36.4 Å². The van der Waals surface area contributed by atoms with Crippen LogP contribution in [0.4, 0.5) is 5.69 Å². The molecular formula is C14H15BrN2OS. The summed E-state index contributed by atoms with van der Waals surface area (Å²) in [5.41, 5.74) is 5.30. The van der Waals surface area contributed by atoms with Gasteiger partial charge in [0.05, 0.1) is 10.4 Å². The van der Waals surface area contributed by atoms with Crippen molar-refractivity contribution in [2.24, 2.45) is 0 Å². The van der Waals surface area contributed by atoms with Crippen molar-refractivity contribution >= 4 is 33.0 Å². The summed E-state index contributed by atoms with van der Waals surface area (Å²) in [7, 11) is 2.12. The molecule has 100 valence electrons. The van der Waals surface area contributed by atoms with Gasteiger partial charge in [0, 0.05) is 19.3 Å². The molecule has 0 fully saturated rings. The second kappa shape index (κ2) is 5.23. The number of nitrogens with zero attached hydrogens (tertiary/aromatic N) is 2. The summed E-state index contributed by atoms with van der Waals surface area (Å²) in [4.78, 5) is 7.27. The molecule has 1 unspecified atom stereocenters. The summed E-state index contributed by atoms with van der Waals surface area (Å²) < 4.78 is 0.736. The Morgan fingerprint density at radius 3 is 3.05 bits per heavy atom. The van der Waals surface area contributed by atoms with E-state index in [0.717, 1.165) is 28.0 Å². The molecule has 0 bridgehead atoms. The lowest BCUT2D eigenvalue weighted by Gasteiger charge is -2.28. The molecule has 2 heterocycles. The van der Waals surface area contributed by atoms with Crippen LogP contribution in [0.1, 0.15) is 28.5 Å². The third-order valence-electron chi connectivity index (χ3n) is 3.57. The number of hydrogen-bond acceptors (Lipinski definition) is 4. The Balaban J connectivity index is 1.96. The van der Waals surface area contributed by atoms with Gasteiger partial charge in [-0.05, 0) is 46.0 Å². The van der Waals surface area contributed by atoms with E-state index in [2.05, 4.69) is 45.0 Å². The Labute approximate surface area is 125 Å². The van der Waals surface area contributed by atoms with Crippen molar-refractivity contribution < 1.29 is 5.11 Å². The minimum Gasteiger partial charge on any atom is -0.383 e. The highest BCUT2D eigenvalue weighted by Crippen LogP contribution is 2.34. The van der Waals surface area contributed by atoms with Crippen LogP contribution in [0.3, 0.4) is 0 Å². The molecule has 0 saturated carbocycles. The molecule has 1 aromatic carbocycles. The van der Waals surface area contributed by atoms with E-state index in [0.29, 0.717) is 0 Å². The number of thiazole rings is 1. The van der Waals surface area contributed by atoms with Gasteiger partial charge in [-0.15, -0.1) is 11.3 Å². The Kier molecular flexibility index (Phi) is 3.60. The minimum absolute atomic E-state index is 0.598. The third-order valence-corrected chi connectivity index (χ3v) is 5.34. The van der Waals surface area contributed by atoms with Crippen LogP contribution in [0, 0.1) is 0 Å². The first kappa shape index (κ1) is 13.1. The van der Waals surface area contributed by atoms with E-state index in [9.17, 15) is 5.11 Å². The fraction of sp³-hybridized carbons (Fsp3) is 0.357. The SMILES string of the molecule is CN1CCCc2cc(C(O)c3scnc3Br)ccc21. The van der Waals surface area contributed by atoms with Crippen molar-refractivity contribution in [1.29, 1.82) is 0 Å². The third kappa shape index (κ3) is 2.42. The number of hydrogen-bond donors (Lipinski definition) is 1. The molecule has 1 aromatic heterocycles. The predicted molar refractivity (Wildman–Crippen MR) is 81.9 cm³/mol. The highest BCUT2D eigenvalue weighted by Gasteiger charge is 2.19. The van der Waals surface area contributed by atoms with Crippen LogP contribution >= 0.6 is 27.3 Å². The summed E-state index contributed by atoms with van der Waals surface area (Å²) in [6, 6.07) is 6.25. The smallest absolute Gasteiger partial charge is 0.123 e. The lowest BCUT2D eigenvalue weighted by atomic mass is 9.97. The number of fused-ring (bicyclic) bond motifs is 1. The highest BCUT2D eigenvalue weighted by atomic mass is 79.9. The van der Waals surface area contributed by atoms with Crippen LogP contribution in [0.2, 0.25) is 0 Å². The first-order valence-corrected chi connectivity index (χ1v) is 7.95. The summed E-state index contributed by atoms with van der Waals surface area (Å²) in [6.07, 6.45) is 1.66. The van der Waals surface area contributed by atoms with Crippen LogP contribution in [-0.2, 0) is 6.42 Å². The van der Waals surface area contributed by atoms with E-state index >= 15 is 0 Å². The van der Waals surface area contributed by atoms with Gasteiger partial charge < -0.3 is 10.0 Å². The summed E-state index contributed by atoms with van der Waals surface area (Å²) in [6.45, 7) is 1.11. The van der Waals surface area contributed by atoms with Gasteiger partial charge in [-0.3, -0.25) is 0 Å². The minimum atomic E-state index is -0.598. The van der Waals surface area contributed by atoms with Gasteiger partial charge in [0.15, 0.2) is 0 Å². The van der Waals surface area contributed by atoms with E-state index in [1.807, 2.05) is 6.07 Å². The number of aromatic nitrogens is 1. The van der Waals surface area contributed by atoms with Gasteiger partial charge in [-0.2, -0.15) is 0 Å². The van der Waals surface area contributed by atoms with Crippen LogP contribution < -0.4 is 4.90 Å². The molecule has 5 heteroatoms. The summed E-state index contributed by atoms with van der Waals surface area (Å²) >= 11 is 4.85. The van der Waals surface area contributed by atoms with E-state index < -0.39 is 6.10 Å². The van der Waals surface area contributed by atoms with Crippen molar-refractivity contribution in [3.8, 4) is 0 Å². The van der Waals surface area contributed by atoms with E-state index in [1.54, 1.807) is 5.51 Å². The van der Waals surface area contributed by atoms with Crippen molar-refractivity contribution in [2.45, 2.75) is 18.9 Å². The monoisotopic (exact) mass is 338 g/mol. The Bertz CT molecular complexity index is 599. The number of halogens is 1. The largest absolute Gasteiger partial charge is 0.383 e. The first-order chi connectivity index (χ1) is 9.16. The van der Waals surface area contributed by atoms with Crippen molar-refractivity contribution in [3.63, 3.8) is 0 Å². The summed E-state index contributed by atoms with van der Waals surface area (Å²) in [5.74, 6) is 0. The summed E-state index contributed by atoms with van der Waals surface area (Å²) in [5, 5.41) is 10.5. The maximum atomic E-state index is 10.5. The van der Waals surface area contributed by atoms with Gasteiger partial charge in [-0.25, -0.2) is 4.98 Å². The van der Waals surface area contributed by atoms with Crippen molar-refractivity contribution in [2.75, 3.05) is 18.5 Å². The lowest BCUT2D eigenvalue weighted by molar-refractivity contribution is 0.223. The van der Waals surface area contributed by atoms with Gasteiger partial charge in [0.2, 0.25) is 0 Å². The standard InChI is InChI=1S/C14H15BrN2OS/c1-17-6-2-3-9-7-10(4-5-11(9)17)12(18)13-14(15)16-8-19-13/h4-5,7-8,12,18H,2-3,6H2,1H3. The maximum Gasteiger partial charge on any atom is 0.123 e. The van der Waals surface area contributed by atoms with Crippen LogP contribution in [-0.4, -0.2) is 23.7 Å². The molecule has 0 radical (unpaired) electrons. The lowest BCUT2D eigenvalue weighted by Crippen LogP contribution is -2.24. The number of aliphatic hydroxyl groups is 1. The predicted octanol–water partition coefficient (Wildman–Crippen LogP) is 3.37. The number of aryl methyl sites for hydroxylation is 1. The number of rotatable bonds is 2.